The summed E-state index contributed by atoms with van der Waals surface area (Å²) < 4.78 is 10.2. The number of rotatable bonds is 6. The lowest BCUT2D eigenvalue weighted by atomic mass is 10.0. The molecule has 2 heterocycles. The molecule has 2 saturated heterocycles. The Labute approximate surface area is 126 Å². The van der Waals surface area contributed by atoms with E-state index in [0.717, 1.165) is 0 Å². The minimum Gasteiger partial charge on any atom is -0.395 e. The largest absolute Gasteiger partial charge is 0.395 e. The molecular formula is C12H23NO9. The van der Waals surface area contributed by atoms with E-state index in [0.29, 0.717) is 0 Å². The quantitative estimate of drug-likeness (QED) is 0.236. The summed E-state index contributed by atoms with van der Waals surface area (Å²) in [5.74, 6) is 0. The lowest BCUT2D eigenvalue weighted by Gasteiger charge is -2.26. The van der Waals surface area contributed by atoms with E-state index in [1.807, 2.05) is 0 Å². The van der Waals surface area contributed by atoms with Crippen LogP contribution in [0.3, 0.4) is 0 Å². The molecule has 130 valence electrons. The lowest BCUT2D eigenvalue weighted by Crippen LogP contribution is -2.49. The fourth-order valence-electron chi connectivity index (χ4n) is 2.63. The average Bonchev–Trinajstić information content (AvgIpc) is 2.96. The zero-order valence-corrected chi connectivity index (χ0v) is 11.8. The highest BCUT2D eigenvalue weighted by Crippen LogP contribution is 2.26. The van der Waals surface area contributed by atoms with Crippen LogP contribution in [0.2, 0.25) is 0 Å². The Morgan fingerprint density at radius 3 is 2.41 bits per heavy atom. The molecule has 0 spiro atoms. The Kier molecular flexibility index (Phi) is 5.72. The molecule has 10 nitrogen and oxygen atoms in total. The Hall–Kier alpha value is -0.400. The summed E-state index contributed by atoms with van der Waals surface area (Å²) in [6, 6.07) is -1.69. The number of aliphatic hydroxyl groups is 7. The summed E-state index contributed by atoms with van der Waals surface area (Å²) in [5, 5.41) is 69.7. The maximum atomic E-state index is 10.00. The van der Waals surface area contributed by atoms with Crippen molar-refractivity contribution in [3.63, 3.8) is 0 Å². The van der Waals surface area contributed by atoms with Gasteiger partial charge in [-0.15, -0.1) is 0 Å². The summed E-state index contributed by atoms with van der Waals surface area (Å²) >= 11 is 0. The predicted octanol–water partition coefficient (Wildman–Crippen LogP) is -5.14. The van der Waals surface area contributed by atoms with E-state index in [1.54, 1.807) is 0 Å². The van der Waals surface area contributed by atoms with Crippen molar-refractivity contribution >= 4 is 0 Å². The van der Waals surface area contributed by atoms with Crippen LogP contribution in [0.1, 0.15) is 0 Å². The Morgan fingerprint density at radius 1 is 1.23 bits per heavy atom. The van der Waals surface area contributed by atoms with Crippen LogP contribution >= 0.6 is 0 Å². The van der Waals surface area contributed by atoms with Crippen molar-refractivity contribution in [3.8, 4) is 0 Å². The molecule has 0 aromatic heterocycles. The first-order valence-electron chi connectivity index (χ1n) is 6.99. The van der Waals surface area contributed by atoms with Crippen LogP contribution in [0, 0.1) is 0 Å². The lowest BCUT2D eigenvalue weighted by molar-refractivity contribution is -0.177. The molecule has 0 radical (unpaired) electrons. The van der Waals surface area contributed by atoms with Gasteiger partial charge in [0, 0.05) is 0 Å². The number of ether oxygens (including phenoxy) is 2. The minimum atomic E-state index is -1.82. The smallest absolute Gasteiger partial charge is 0.186 e. The molecule has 8 atom stereocenters. The van der Waals surface area contributed by atoms with E-state index >= 15 is 0 Å². The predicted molar refractivity (Wildman–Crippen MR) is 69.6 cm³/mol. The number of hydrogen-bond donors (Lipinski definition) is 8. The third-order valence-corrected chi connectivity index (χ3v) is 4.16. The zero-order chi connectivity index (χ0) is 16.5. The Balaban J connectivity index is 1.85. The van der Waals surface area contributed by atoms with Gasteiger partial charge in [-0.05, 0) is 0 Å². The second kappa shape index (κ2) is 7.01. The van der Waals surface area contributed by atoms with Crippen molar-refractivity contribution in [2.24, 2.45) is 0 Å². The highest BCUT2D eigenvalue weighted by atomic mass is 16.7. The monoisotopic (exact) mass is 325 g/mol. The third-order valence-electron chi connectivity index (χ3n) is 4.16. The molecule has 2 rings (SSSR count). The molecule has 0 amide bonds. The van der Waals surface area contributed by atoms with E-state index in [-0.39, 0.29) is 13.2 Å². The number of aliphatic hydroxyl groups excluding tert-OH is 6. The highest BCUT2D eigenvalue weighted by molar-refractivity contribution is 5.01. The molecule has 10 heteroatoms. The van der Waals surface area contributed by atoms with Gasteiger partial charge in [0.15, 0.2) is 6.29 Å². The standard InChI is InChI=1S/C12H23NO9/c14-1-5-8(17)9(18)7(13-5)6(16)2-21-11-10(19)12(20,3-15)4-22-11/h5-11,13-20H,1-4H2/t5-,6?,7-,8-,9-,10?,11?,12?/m1/s1. The van der Waals surface area contributed by atoms with Crippen molar-refractivity contribution in [2.75, 3.05) is 26.4 Å². The molecule has 0 aromatic rings. The van der Waals surface area contributed by atoms with E-state index in [4.69, 9.17) is 19.7 Å². The van der Waals surface area contributed by atoms with Crippen LogP contribution in [-0.4, -0.2) is 111 Å². The maximum absolute atomic E-state index is 10.00. The van der Waals surface area contributed by atoms with Gasteiger partial charge in [-0.2, -0.15) is 0 Å². The number of hydrogen-bond acceptors (Lipinski definition) is 10. The van der Waals surface area contributed by atoms with Crippen molar-refractivity contribution in [1.82, 2.24) is 5.32 Å². The molecule has 2 aliphatic heterocycles. The van der Waals surface area contributed by atoms with Crippen molar-refractivity contribution in [1.29, 1.82) is 0 Å². The first kappa shape index (κ1) is 17.9. The summed E-state index contributed by atoms with van der Waals surface area (Å²) in [7, 11) is 0. The first-order chi connectivity index (χ1) is 10.3. The summed E-state index contributed by atoms with van der Waals surface area (Å²) in [6.45, 7) is -1.79. The second-order valence-corrected chi connectivity index (χ2v) is 5.75. The van der Waals surface area contributed by atoms with Crippen LogP contribution < -0.4 is 5.32 Å². The molecule has 0 aromatic carbocycles. The molecular weight excluding hydrogens is 302 g/mol. The second-order valence-electron chi connectivity index (χ2n) is 5.75. The van der Waals surface area contributed by atoms with Gasteiger partial charge in [0.1, 0.15) is 11.7 Å². The van der Waals surface area contributed by atoms with Gasteiger partial charge < -0.3 is 50.5 Å². The molecule has 0 aliphatic carbocycles. The van der Waals surface area contributed by atoms with Gasteiger partial charge in [0.2, 0.25) is 0 Å². The Bertz CT molecular complexity index is 373. The summed E-state index contributed by atoms with van der Waals surface area (Å²) in [6.07, 6.45) is -6.48. The highest BCUT2D eigenvalue weighted by Gasteiger charge is 2.49. The van der Waals surface area contributed by atoms with E-state index in [1.165, 1.54) is 0 Å². The molecule has 22 heavy (non-hydrogen) atoms. The van der Waals surface area contributed by atoms with Gasteiger partial charge in [0.25, 0.3) is 0 Å². The van der Waals surface area contributed by atoms with E-state index in [2.05, 4.69) is 5.32 Å². The van der Waals surface area contributed by atoms with Gasteiger partial charge in [-0.3, -0.25) is 0 Å². The average molecular weight is 325 g/mol. The molecule has 2 fully saturated rings. The van der Waals surface area contributed by atoms with Crippen molar-refractivity contribution in [3.05, 3.63) is 0 Å². The third kappa shape index (κ3) is 3.26. The Morgan fingerprint density at radius 2 is 1.91 bits per heavy atom. The van der Waals surface area contributed by atoms with E-state index < -0.39 is 61.6 Å². The topological polar surface area (TPSA) is 172 Å². The first-order valence-corrected chi connectivity index (χ1v) is 6.99. The van der Waals surface area contributed by atoms with Crippen LogP contribution in [0.15, 0.2) is 0 Å². The molecule has 8 N–H and O–H groups in total. The minimum absolute atomic E-state index is 0.318. The molecule has 0 bridgehead atoms. The van der Waals surface area contributed by atoms with Crippen LogP contribution in [0.25, 0.3) is 0 Å². The molecule has 0 saturated carbocycles. The summed E-state index contributed by atoms with van der Waals surface area (Å²) in [5.41, 5.74) is -1.82. The van der Waals surface area contributed by atoms with Crippen LogP contribution in [-0.2, 0) is 9.47 Å². The fourth-order valence-corrected chi connectivity index (χ4v) is 2.63. The van der Waals surface area contributed by atoms with Gasteiger partial charge in [0.05, 0.1) is 56.8 Å². The summed E-state index contributed by atoms with van der Waals surface area (Å²) in [4.78, 5) is 0. The van der Waals surface area contributed by atoms with E-state index in [9.17, 15) is 25.5 Å². The zero-order valence-electron chi connectivity index (χ0n) is 11.8. The van der Waals surface area contributed by atoms with Gasteiger partial charge >= 0.3 is 0 Å². The van der Waals surface area contributed by atoms with Gasteiger partial charge in [-0.1, -0.05) is 0 Å². The molecule has 2 aliphatic rings. The van der Waals surface area contributed by atoms with Crippen LogP contribution in [0.5, 0.6) is 0 Å². The van der Waals surface area contributed by atoms with Crippen molar-refractivity contribution in [2.45, 2.75) is 48.4 Å². The number of nitrogens with one attached hydrogen (secondary N) is 1. The van der Waals surface area contributed by atoms with Gasteiger partial charge in [-0.25, -0.2) is 0 Å². The molecule has 4 unspecified atom stereocenters. The fraction of sp³-hybridized carbons (Fsp3) is 1.00. The maximum Gasteiger partial charge on any atom is 0.186 e. The van der Waals surface area contributed by atoms with Crippen LogP contribution in [0.4, 0.5) is 0 Å². The SMILES string of the molecule is OC[C@H]1N[C@H](C(O)COC2OCC(O)(CO)C2O)[C@@H](O)[C@@H]1O. The van der Waals surface area contributed by atoms with Crippen molar-refractivity contribution < 1.29 is 45.2 Å². The normalized spacial score (nSPS) is 47.0.